The topological polar surface area (TPSA) is 83.0 Å². The van der Waals surface area contributed by atoms with Crippen molar-refractivity contribution < 1.29 is 9.90 Å². The Labute approximate surface area is 108 Å². The number of benzene rings is 1. The third-order valence-electron chi connectivity index (χ3n) is 3.43. The van der Waals surface area contributed by atoms with E-state index in [2.05, 4.69) is 9.97 Å². The second kappa shape index (κ2) is 4.35. The summed E-state index contributed by atoms with van der Waals surface area (Å²) in [7, 11) is 0. The van der Waals surface area contributed by atoms with Crippen molar-refractivity contribution in [3.05, 3.63) is 51.6 Å². The molecule has 0 aliphatic heterocycles. The van der Waals surface area contributed by atoms with Gasteiger partial charge in [0, 0.05) is 6.20 Å². The lowest BCUT2D eigenvalue weighted by molar-refractivity contribution is 0.0697. The molecule has 0 saturated heterocycles. The number of aromatic carboxylic acids is 1. The molecule has 2 N–H and O–H groups in total. The highest BCUT2D eigenvalue weighted by atomic mass is 16.4. The minimum Gasteiger partial charge on any atom is -0.478 e. The predicted molar refractivity (Wildman–Crippen MR) is 69.3 cm³/mol. The number of hydrogen-bond acceptors (Lipinski definition) is 3. The Kier molecular flexibility index (Phi) is 2.67. The Balaban J connectivity index is 2.18. The van der Waals surface area contributed by atoms with Crippen LogP contribution in [0.5, 0.6) is 0 Å². The molecule has 1 aromatic heterocycles. The largest absolute Gasteiger partial charge is 0.478 e. The van der Waals surface area contributed by atoms with E-state index in [0.717, 1.165) is 31.0 Å². The van der Waals surface area contributed by atoms with E-state index in [1.165, 1.54) is 11.1 Å². The molecular weight excluding hydrogens is 244 g/mol. The molecule has 2 aromatic rings. The summed E-state index contributed by atoms with van der Waals surface area (Å²) in [4.78, 5) is 28.5. The van der Waals surface area contributed by atoms with Gasteiger partial charge in [-0.05, 0) is 42.0 Å². The predicted octanol–water partition coefficient (Wildman–Crippen LogP) is 1.62. The van der Waals surface area contributed by atoms with Crippen LogP contribution in [0.3, 0.4) is 0 Å². The number of aromatic nitrogens is 2. The van der Waals surface area contributed by atoms with Gasteiger partial charge in [-0.2, -0.15) is 0 Å². The fourth-order valence-corrected chi connectivity index (χ4v) is 2.51. The van der Waals surface area contributed by atoms with Crippen molar-refractivity contribution in [3.63, 3.8) is 0 Å². The van der Waals surface area contributed by atoms with E-state index in [1.54, 1.807) is 0 Å². The van der Waals surface area contributed by atoms with E-state index >= 15 is 0 Å². The summed E-state index contributed by atoms with van der Waals surface area (Å²) in [6.45, 7) is 0. The van der Waals surface area contributed by atoms with Crippen LogP contribution in [-0.2, 0) is 12.8 Å². The van der Waals surface area contributed by atoms with E-state index in [0.29, 0.717) is 5.69 Å². The zero-order valence-electron chi connectivity index (χ0n) is 10.1. The zero-order chi connectivity index (χ0) is 13.4. The maximum atomic E-state index is 11.3. The van der Waals surface area contributed by atoms with E-state index in [4.69, 9.17) is 5.11 Å². The van der Waals surface area contributed by atoms with Gasteiger partial charge in [-0.3, -0.25) is 0 Å². The third kappa shape index (κ3) is 2.03. The number of nitrogens with one attached hydrogen (secondary N) is 1. The summed E-state index contributed by atoms with van der Waals surface area (Å²) < 4.78 is 0. The summed E-state index contributed by atoms with van der Waals surface area (Å²) in [5.41, 5.74) is 3.04. The highest BCUT2D eigenvalue weighted by Gasteiger charge is 2.16. The SMILES string of the molecule is O=C(O)c1cnc(=O)[nH]c1-c1ccc2c(c1)CCC2. The Bertz CT molecular complexity index is 719. The van der Waals surface area contributed by atoms with Crippen molar-refractivity contribution in [3.8, 4) is 11.3 Å². The summed E-state index contributed by atoms with van der Waals surface area (Å²) >= 11 is 0. The number of carboxylic acid groups (broad SMARTS) is 1. The van der Waals surface area contributed by atoms with Crippen LogP contribution in [0.1, 0.15) is 27.9 Å². The van der Waals surface area contributed by atoms with Crippen LogP contribution in [0.2, 0.25) is 0 Å². The number of rotatable bonds is 2. The molecule has 1 heterocycles. The highest BCUT2D eigenvalue weighted by Crippen LogP contribution is 2.28. The quantitative estimate of drug-likeness (QED) is 0.855. The van der Waals surface area contributed by atoms with Crippen molar-refractivity contribution in [2.45, 2.75) is 19.3 Å². The van der Waals surface area contributed by atoms with Crippen LogP contribution >= 0.6 is 0 Å². The lowest BCUT2D eigenvalue weighted by Gasteiger charge is -2.07. The summed E-state index contributed by atoms with van der Waals surface area (Å²) in [5, 5.41) is 9.15. The van der Waals surface area contributed by atoms with E-state index in [-0.39, 0.29) is 5.56 Å². The monoisotopic (exact) mass is 256 g/mol. The van der Waals surface area contributed by atoms with Crippen molar-refractivity contribution >= 4 is 5.97 Å². The van der Waals surface area contributed by atoms with Crippen LogP contribution in [0.4, 0.5) is 0 Å². The van der Waals surface area contributed by atoms with Gasteiger partial charge >= 0.3 is 11.7 Å². The number of fused-ring (bicyclic) bond motifs is 1. The minimum absolute atomic E-state index is 0.0116. The first-order valence-electron chi connectivity index (χ1n) is 6.10. The van der Waals surface area contributed by atoms with Crippen LogP contribution in [0, 0.1) is 0 Å². The maximum absolute atomic E-state index is 11.3. The van der Waals surface area contributed by atoms with Crippen LogP contribution in [0.15, 0.2) is 29.2 Å². The molecule has 0 atom stereocenters. The van der Waals surface area contributed by atoms with Gasteiger partial charge in [0.1, 0.15) is 5.56 Å². The van der Waals surface area contributed by atoms with E-state index in [1.807, 2.05) is 18.2 Å². The van der Waals surface area contributed by atoms with Crippen molar-refractivity contribution in [2.75, 3.05) is 0 Å². The molecule has 3 rings (SSSR count). The smallest absolute Gasteiger partial charge is 0.345 e. The number of carboxylic acids is 1. The number of aromatic amines is 1. The number of nitrogens with zero attached hydrogens (tertiary/aromatic N) is 1. The van der Waals surface area contributed by atoms with Crippen molar-refractivity contribution in [1.82, 2.24) is 9.97 Å². The molecule has 96 valence electrons. The second-order valence-corrected chi connectivity index (χ2v) is 4.62. The van der Waals surface area contributed by atoms with Crippen molar-refractivity contribution in [2.24, 2.45) is 0 Å². The summed E-state index contributed by atoms with van der Waals surface area (Å²) in [5.74, 6) is -1.10. The molecule has 0 amide bonds. The standard InChI is InChI=1S/C14H12N2O3/c17-13(18)11-7-15-14(19)16-12(11)10-5-4-8-2-1-3-9(8)6-10/h4-7H,1-3H2,(H,17,18)(H,15,16,19). The average Bonchev–Trinajstić information content (AvgIpc) is 2.85. The first-order chi connectivity index (χ1) is 9.15. The number of aryl methyl sites for hydroxylation is 2. The minimum atomic E-state index is -1.10. The maximum Gasteiger partial charge on any atom is 0.345 e. The van der Waals surface area contributed by atoms with Gasteiger partial charge in [0.2, 0.25) is 0 Å². The molecule has 1 aromatic carbocycles. The molecule has 0 saturated carbocycles. The third-order valence-corrected chi connectivity index (χ3v) is 3.43. The van der Waals surface area contributed by atoms with Gasteiger partial charge in [-0.25, -0.2) is 14.6 Å². The molecule has 1 aliphatic rings. The van der Waals surface area contributed by atoms with Gasteiger partial charge in [0.15, 0.2) is 0 Å². The lowest BCUT2D eigenvalue weighted by Crippen LogP contribution is -2.15. The van der Waals surface area contributed by atoms with E-state index in [9.17, 15) is 9.59 Å². The number of hydrogen-bond donors (Lipinski definition) is 2. The number of carbonyl (C=O) groups is 1. The average molecular weight is 256 g/mol. The van der Waals surface area contributed by atoms with E-state index < -0.39 is 11.7 Å². The molecule has 0 spiro atoms. The van der Waals surface area contributed by atoms with Gasteiger partial charge in [0.05, 0.1) is 5.69 Å². The fraction of sp³-hybridized carbons (Fsp3) is 0.214. The first-order valence-corrected chi connectivity index (χ1v) is 6.10. The van der Waals surface area contributed by atoms with Crippen LogP contribution in [0.25, 0.3) is 11.3 Å². The van der Waals surface area contributed by atoms with Gasteiger partial charge in [-0.15, -0.1) is 0 Å². The Hall–Kier alpha value is -2.43. The highest BCUT2D eigenvalue weighted by molar-refractivity contribution is 5.94. The summed E-state index contributed by atoms with van der Waals surface area (Å²) in [6, 6.07) is 5.81. The van der Waals surface area contributed by atoms with Crippen LogP contribution in [-0.4, -0.2) is 21.0 Å². The molecule has 5 heteroatoms. The van der Waals surface area contributed by atoms with Gasteiger partial charge < -0.3 is 10.1 Å². The Morgan fingerprint density at radius 2 is 2.05 bits per heavy atom. The zero-order valence-corrected chi connectivity index (χ0v) is 10.1. The molecule has 0 bridgehead atoms. The molecular formula is C14H12N2O3. The first kappa shape index (κ1) is 11.6. The second-order valence-electron chi connectivity index (χ2n) is 4.62. The van der Waals surface area contributed by atoms with Gasteiger partial charge in [-0.1, -0.05) is 12.1 Å². The lowest BCUT2D eigenvalue weighted by atomic mass is 10.0. The molecule has 0 radical (unpaired) electrons. The molecule has 0 unspecified atom stereocenters. The molecule has 1 aliphatic carbocycles. The molecule has 5 nitrogen and oxygen atoms in total. The molecule has 0 fully saturated rings. The van der Waals surface area contributed by atoms with Crippen molar-refractivity contribution in [1.29, 1.82) is 0 Å². The van der Waals surface area contributed by atoms with Crippen LogP contribution < -0.4 is 5.69 Å². The molecule has 19 heavy (non-hydrogen) atoms. The normalized spacial score (nSPS) is 13.3. The Morgan fingerprint density at radius 1 is 1.26 bits per heavy atom. The number of H-pyrrole nitrogens is 1. The van der Waals surface area contributed by atoms with Gasteiger partial charge in [0.25, 0.3) is 0 Å². The summed E-state index contributed by atoms with van der Waals surface area (Å²) in [6.07, 6.45) is 4.29. The Morgan fingerprint density at radius 3 is 2.84 bits per heavy atom. The fourth-order valence-electron chi connectivity index (χ4n) is 2.51.